The molecule has 0 aromatic rings. The molecule has 0 fully saturated rings. The molecule has 0 unspecified atom stereocenters. The lowest BCUT2D eigenvalue weighted by Crippen LogP contribution is -2.34. The molecule has 100 valence electrons. The van der Waals surface area contributed by atoms with E-state index in [1.807, 2.05) is 6.08 Å². The van der Waals surface area contributed by atoms with Crippen molar-refractivity contribution in [2.75, 3.05) is 0 Å². The molecular weight excluding hydrogens is 312 g/mol. The molecule has 0 amide bonds. The monoisotopic (exact) mass is 330 g/mol. The summed E-state index contributed by atoms with van der Waals surface area (Å²) in [6.45, 7) is 2.15. The quantitative estimate of drug-likeness (QED) is 0.420. The van der Waals surface area contributed by atoms with Crippen molar-refractivity contribution in [3.05, 3.63) is 24.3 Å². The van der Waals surface area contributed by atoms with Crippen LogP contribution in [-0.2, 0) is 4.74 Å². The lowest BCUT2D eigenvalue weighted by Gasteiger charge is -2.30. The Bertz CT molecular complexity index is 332. The molecule has 0 aliphatic carbocycles. The fourth-order valence-corrected chi connectivity index (χ4v) is 2.55. The van der Waals surface area contributed by atoms with Crippen molar-refractivity contribution in [3.8, 4) is 12.3 Å². The maximum atomic E-state index is 6.37. The van der Waals surface area contributed by atoms with E-state index in [0.717, 1.165) is 25.7 Å². The third-order valence-corrected chi connectivity index (χ3v) is 4.72. The third kappa shape index (κ3) is 5.18. The van der Waals surface area contributed by atoms with Crippen LogP contribution in [-0.4, -0.2) is 22.4 Å². The van der Waals surface area contributed by atoms with Crippen molar-refractivity contribution in [3.63, 3.8) is 0 Å². The summed E-state index contributed by atoms with van der Waals surface area (Å²) in [7, 11) is 0. The van der Waals surface area contributed by atoms with E-state index >= 15 is 0 Å². The van der Waals surface area contributed by atoms with Gasteiger partial charge in [-0.1, -0.05) is 47.0 Å². The van der Waals surface area contributed by atoms with Crippen molar-refractivity contribution in [1.82, 2.24) is 0 Å². The van der Waals surface area contributed by atoms with Crippen LogP contribution in [0.1, 0.15) is 32.6 Å². The van der Waals surface area contributed by atoms with E-state index < -0.39 is 0 Å². The maximum Gasteiger partial charge on any atom is 0.0780 e. The summed E-state index contributed by atoms with van der Waals surface area (Å²) in [4.78, 5) is 0.364. The number of alkyl halides is 2. The Kier molecular flexibility index (Phi) is 7.74. The topological polar surface area (TPSA) is 9.23 Å². The second kappa shape index (κ2) is 8.80. The summed E-state index contributed by atoms with van der Waals surface area (Å²) in [6.07, 6.45) is 17.0. The summed E-state index contributed by atoms with van der Waals surface area (Å²) in [5, 5.41) is 0.00281. The van der Waals surface area contributed by atoms with Gasteiger partial charge >= 0.3 is 0 Å². The molecule has 0 aromatic carbocycles. The number of ether oxygens (including phenoxy) is 1. The fraction of sp³-hybridized carbons (Fsp3) is 0.600. The lowest BCUT2D eigenvalue weighted by molar-refractivity contribution is -0.0122. The Morgan fingerprint density at radius 3 is 2.94 bits per heavy atom. The normalized spacial score (nSPS) is 32.4. The first-order chi connectivity index (χ1) is 8.69. The molecule has 1 rings (SSSR count). The molecule has 0 N–H and O–H groups in total. The second-order valence-corrected chi connectivity index (χ2v) is 6.14. The number of rotatable bonds is 4. The highest BCUT2D eigenvalue weighted by atomic mass is 79.9. The molecule has 1 aliphatic rings. The highest BCUT2D eigenvalue weighted by Crippen LogP contribution is 2.26. The lowest BCUT2D eigenvalue weighted by atomic mass is 10.0. The van der Waals surface area contributed by atoms with Gasteiger partial charge in [0, 0.05) is 4.83 Å². The Hall–Kier alpha value is -0.230. The molecule has 0 bridgehead atoms. The van der Waals surface area contributed by atoms with Crippen LogP contribution in [0.5, 0.6) is 0 Å². The predicted octanol–water partition coefficient (Wildman–Crippen LogP) is 4.45. The van der Waals surface area contributed by atoms with Gasteiger partial charge in [0.15, 0.2) is 0 Å². The van der Waals surface area contributed by atoms with Crippen molar-refractivity contribution in [2.45, 2.75) is 55.0 Å². The minimum Gasteiger partial charge on any atom is -0.372 e. The minimum atomic E-state index is 0.00281. The second-order valence-electron chi connectivity index (χ2n) is 4.40. The first kappa shape index (κ1) is 15.8. The zero-order chi connectivity index (χ0) is 13.4. The van der Waals surface area contributed by atoms with E-state index in [1.54, 1.807) is 6.08 Å². The van der Waals surface area contributed by atoms with Gasteiger partial charge in [-0.2, -0.15) is 0 Å². The van der Waals surface area contributed by atoms with Crippen LogP contribution in [0.3, 0.4) is 0 Å². The maximum absolute atomic E-state index is 6.37. The Balaban J connectivity index is 2.69. The van der Waals surface area contributed by atoms with Crippen LogP contribution in [0.4, 0.5) is 0 Å². The van der Waals surface area contributed by atoms with E-state index in [9.17, 15) is 0 Å². The van der Waals surface area contributed by atoms with Gasteiger partial charge in [-0.25, -0.2) is 0 Å². The largest absolute Gasteiger partial charge is 0.372 e. The molecule has 0 spiro atoms. The summed E-state index contributed by atoms with van der Waals surface area (Å²) >= 11 is 10.1. The van der Waals surface area contributed by atoms with Crippen LogP contribution in [0.2, 0.25) is 0 Å². The standard InChI is InChI=1S/C15H20BrClO/c1-3-5-6-11-15-13(17)9-7-8-10-14(18-15)12(16)4-2/h1,5-8,12-15H,4,9-11H2,2H3/b6-5+,8-7-/t12-,13-,14+,15+/m1/s1. The highest BCUT2D eigenvalue weighted by molar-refractivity contribution is 9.09. The third-order valence-electron chi connectivity index (χ3n) is 3.03. The number of allylic oxidation sites excluding steroid dienone is 2. The van der Waals surface area contributed by atoms with Crippen molar-refractivity contribution in [1.29, 1.82) is 0 Å². The van der Waals surface area contributed by atoms with Crippen LogP contribution in [0.25, 0.3) is 0 Å². The van der Waals surface area contributed by atoms with Crippen LogP contribution in [0, 0.1) is 12.3 Å². The Morgan fingerprint density at radius 1 is 1.56 bits per heavy atom. The summed E-state index contributed by atoms with van der Waals surface area (Å²) in [5.74, 6) is 2.49. The van der Waals surface area contributed by atoms with Gasteiger partial charge in [-0.15, -0.1) is 18.0 Å². The number of halogens is 2. The van der Waals surface area contributed by atoms with E-state index in [4.69, 9.17) is 22.8 Å². The molecule has 18 heavy (non-hydrogen) atoms. The van der Waals surface area contributed by atoms with Crippen LogP contribution >= 0.6 is 27.5 Å². The molecule has 1 nitrogen and oxygen atoms in total. The molecule has 1 aliphatic heterocycles. The smallest absolute Gasteiger partial charge is 0.0780 e. The Morgan fingerprint density at radius 2 is 2.28 bits per heavy atom. The van der Waals surface area contributed by atoms with Crippen LogP contribution < -0.4 is 0 Å². The number of hydrogen-bond acceptors (Lipinski definition) is 1. The molecule has 0 saturated carbocycles. The average Bonchev–Trinajstić information content (AvgIpc) is 2.37. The highest BCUT2D eigenvalue weighted by Gasteiger charge is 2.26. The predicted molar refractivity (Wildman–Crippen MR) is 82.3 cm³/mol. The van der Waals surface area contributed by atoms with Crippen molar-refractivity contribution in [2.24, 2.45) is 0 Å². The van der Waals surface area contributed by atoms with E-state index in [2.05, 4.69) is 40.9 Å². The summed E-state index contributed by atoms with van der Waals surface area (Å²) in [6, 6.07) is 0. The van der Waals surface area contributed by atoms with Gasteiger partial charge in [-0.05, 0) is 31.8 Å². The minimum absolute atomic E-state index is 0.00281. The van der Waals surface area contributed by atoms with E-state index in [0.29, 0.717) is 4.83 Å². The zero-order valence-corrected chi connectivity index (χ0v) is 13.0. The van der Waals surface area contributed by atoms with Gasteiger partial charge in [0.2, 0.25) is 0 Å². The molecular formula is C15H20BrClO. The molecule has 0 aromatic heterocycles. The number of hydrogen-bond donors (Lipinski definition) is 0. The van der Waals surface area contributed by atoms with Gasteiger partial charge in [-0.3, -0.25) is 0 Å². The molecule has 1 heterocycles. The molecule has 0 saturated heterocycles. The average molecular weight is 332 g/mol. The van der Waals surface area contributed by atoms with Gasteiger partial charge in [0.1, 0.15) is 0 Å². The van der Waals surface area contributed by atoms with Crippen LogP contribution in [0.15, 0.2) is 24.3 Å². The van der Waals surface area contributed by atoms with Gasteiger partial charge in [0.25, 0.3) is 0 Å². The van der Waals surface area contributed by atoms with Crippen molar-refractivity contribution >= 4 is 27.5 Å². The van der Waals surface area contributed by atoms with E-state index in [1.165, 1.54) is 0 Å². The summed E-state index contributed by atoms with van der Waals surface area (Å²) in [5.41, 5.74) is 0. The SMILES string of the molecule is C#C/C=C/C[C@@H]1O[C@H]([C@H](Br)CC)C/C=C\C[C@H]1Cl. The number of terminal acetylenes is 1. The molecule has 0 radical (unpaired) electrons. The van der Waals surface area contributed by atoms with Gasteiger partial charge in [0.05, 0.1) is 17.6 Å². The first-order valence-electron chi connectivity index (χ1n) is 6.38. The Labute approximate surface area is 124 Å². The van der Waals surface area contributed by atoms with Crippen molar-refractivity contribution < 1.29 is 4.74 Å². The summed E-state index contributed by atoms with van der Waals surface area (Å²) < 4.78 is 6.15. The fourth-order valence-electron chi connectivity index (χ4n) is 1.94. The molecule has 3 heteroatoms. The van der Waals surface area contributed by atoms with E-state index in [-0.39, 0.29) is 17.6 Å². The van der Waals surface area contributed by atoms with Gasteiger partial charge < -0.3 is 4.74 Å². The molecule has 4 atom stereocenters. The zero-order valence-electron chi connectivity index (χ0n) is 10.7. The first-order valence-corrected chi connectivity index (χ1v) is 7.74.